The Kier molecular flexibility index (Phi) is 6.97. The maximum Gasteiger partial charge on any atom is 0.416 e. The maximum atomic E-state index is 13.1. The number of hydrogen-bond acceptors (Lipinski definition) is 7. The Morgan fingerprint density at radius 1 is 1.08 bits per heavy atom. The van der Waals surface area contributed by atoms with Gasteiger partial charge in [0.25, 0.3) is 0 Å². The van der Waals surface area contributed by atoms with Gasteiger partial charge in [-0.15, -0.1) is 0 Å². The first-order chi connectivity index (χ1) is 18.2. The minimum absolute atomic E-state index is 0.0220. The number of aromatic nitrogens is 6. The molecule has 5 rings (SSSR count). The molecule has 0 aliphatic heterocycles. The highest BCUT2D eigenvalue weighted by Crippen LogP contribution is 2.32. The zero-order valence-electron chi connectivity index (χ0n) is 21.1. The second-order valence-electron chi connectivity index (χ2n) is 9.87. The fraction of sp³-hybridized carbons (Fsp3) is 0.407. The Morgan fingerprint density at radius 2 is 1.84 bits per heavy atom. The molecule has 38 heavy (non-hydrogen) atoms. The molecular formula is C27H27F3N8. The quantitative estimate of drug-likeness (QED) is 0.306. The molecule has 0 unspecified atom stereocenters. The highest BCUT2D eigenvalue weighted by Gasteiger charge is 2.30. The average molecular weight is 521 g/mol. The van der Waals surface area contributed by atoms with Gasteiger partial charge in [0.2, 0.25) is 5.82 Å². The smallest absolute Gasteiger partial charge is 0.368 e. The number of benzene rings is 1. The number of rotatable bonds is 8. The standard InChI is InChI=1S/C27H27F3N8/c1-16(2)20-11-13-33-25(34-20)26-37-24-22(38(26)15-18-6-8-19(9-7-18)27(28,29)30)23(35-21(14-31)36-24)32-12-10-17-4-3-5-17/h6-9,11,13,16-17H,3-5,10,12,15H2,1-2H3,(H,32,35,36). The maximum absolute atomic E-state index is 13.1. The lowest BCUT2D eigenvalue weighted by Gasteiger charge is -2.25. The lowest BCUT2D eigenvalue weighted by Crippen LogP contribution is -2.17. The predicted octanol–water partition coefficient (Wildman–Crippen LogP) is 5.95. The van der Waals surface area contributed by atoms with Crippen molar-refractivity contribution in [3.63, 3.8) is 0 Å². The zero-order chi connectivity index (χ0) is 26.9. The number of nitrogens with zero attached hydrogens (tertiary/aromatic N) is 7. The molecule has 0 amide bonds. The third kappa shape index (κ3) is 5.30. The van der Waals surface area contributed by atoms with Crippen molar-refractivity contribution in [2.45, 2.75) is 58.2 Å². The second-order valence-corrected chi connectivity index (χ2v) is 9.87. The molecule has 1 fully saturated rings. The van der Waals surface area contributed by atoms with E-state index in [9.17, 15) is 18.4 Å². The molecular weight excluding hydrogens is 493 g/mol. The minimum atomic E-state index is -4.42. The van der Waals surface area contributed by atoms with E-state index in [4.69, 9.17) is 4.98 Å². The van der Waals surface area contributed by atoms with Crippen molar-refractivity contribution in [1.82, 2.24) is 29.5 Å². The molecule has 11 heteroatoms. The van der Waals surface area contributed by atoms with E-state index in [0.29, 0.717) is 46.7 Å². The van der Waals surface area contributed by atoms with Gasteiger partial charge in [0, 0.05) is 25.0 Å². The number of nitrogens with one attached hydrogen (secondary N) is 1. The van der Waals surface area contributed by atoms with E-state index in [1.54, 1.807) is 6.20 Å². The predicted molar refractivity (Wildman–Crippen MR) is 136 cm³/mol. The van der Waals surface area contributed by atoms with Crippen LogP contribution in [0.1, 0.15) is 68.1 Å². The molecule has 3 aromatic heterocycles. The van der Waals surface area contributed by atoms with Crippen LogP contribution in [-0.2, 0) is 12.7 Å². The molecule has 4 aromatic rings. The average Bonchev–Trinajstić information content (AvgIpc) is 3.23. The molecule has 0 bridgehead atoms. The van der Waals surface area contributed by atoms with Gasteiger partial charge >= 0.3 is 6.18 Å². The SMILES string of the molecule is CC(C)c1ccnc(-c2nc3nc(C#N)nc(NCCC4CCC4)c3n2Cc2ccc(C(F)(F)F)cc2)n1. The van der Waals surface area contributed by atoms with E-state index in [0.717, 1.165) is 24.2 Å². The van der Waals surface area contributed by atoms with Crippen molar-refractivity contribution in [3.05, 3.63) is 59.2 Å². The summed E-state index contributed by atoms with van der Waals surface area (Å²) < 4.78 is 41.2. The monoisotopic (exact) mass is 520 g/mol. The number of anilines is 1. The van der Waals surface area contributed by atoms with Crippen molar-refractivity contribution >= 4 is 17.0 Å². The van der Waals surface area contributed by atoms with Crippen LogP contribution in [-0.4, -0.2) is 36.0 Å². The van der Waals surface area contributed by atoms with Crippen LogP contribution in [0.3, 0.4) is 0 Å². The van der Waals surface area contributed by atoms with Gasteiger partial charge < -0.3 is 9.88 Å². The fourth-order valence-electron chi connectivity index (χ4n) is 4.49. The zero-order valence-corrected chi connectivity index (χ0v) is 21.1. The Hall–Kier alpha value is -4.07. The van der Waals surface area contributed by atoms with Crippen LogP contribution in [0.2, 0.25) is 0 Å². The Morgan fingerprint density at radius 3 is 2.47 bits per heavy atom. The lowest BCUT2D eigenvalue weighted by molar-refractivity contribution is -0.137. The van der Waals surface area contributed by atoms with Gasteiger partial charge in [0.1, 0.15) is 11.6 Å². The molecule has 1 saturated carbocycles. The highest BCUT2D eigenvalue weighted by molar-refractivity contribution is 5.86. The number of alkyl halides is 3. The summed E-state index contributed by atoms with van der Waals surface area (Å²) >= 11 is 0. The van der Waals surface area contributed by atoms with Crippen molar-refractivity contribution in [1.29, 1.82) is 5.26 Å². The molecule has 1 N–H and O–H groups in total. The van der Waals surface area contributed by atoms with E-state index in [2.05, 4.69) is 25.3 Å². The first kappa shape index (κ1) is 25.6. The summed E-state index contributed by atoms with van der Waals surface area (Å²) in [6.45, 7) is 4.89. The van der Waals surface area contributed by atoms with Gasteiger partial charge in [-0.25, -0.2) is 15.0 Å². The van der Waals surface area contributed by atoms with E-state index < -0.39 is 11.7 Å². The van der Waals surface area contributed by atoms with Gasteiger partial charge in [-0.3, -0.25) is 0 Å². The number of halogens is 3. The molecule has 1 aliphatic carbocycles. The van der Waals surface area contributed by atoms with Crippen LogP contribution < -0.4 is 5.32 Å². The normalized spacial score (nSPS) is 14.0. The summed E-state index contributed by atoms with van der Waals surface area (Å²) in [5, 5.41) is 12.9. The van der Waals surface area contributed by atoms with Gasteiger partial charge in [0.15, 0.2) is 23.1 Å². The Labute approximate surface area is 218 Å². The summed E-state index contributed by atoms with van der Waals surface area (Å²) in [5.41, 5.74) is 1.58. The highest BCUT2D eigenvalue weighted by atomic mass is 19.4. The van der Waals surface area contributed by atoms with Crippen LogP contribution in [0.5, 0.6) is 0 Å². The minimum Gasteiger partial charge on any atom is -0.368 e. The number of fused-ring (bicyclic) bond motifs is 1. The lowest BCUT2D eigenvalue weighted by atomic mass is 9.83. The molecule has 8 nitrogen and oxygen atoms in total. The van der Waals surface area contributed by atoms with Crippen LogP contribution >= 0.6 is 0 Å². The van der Waals surface area contributed by atoms with Crippen molar-refractivity contribution < 1.29 is 13.2 Å². The summed E-state index contributed by atoms with van der Waals surface area (Å²) in [4.78, 5) is 22.6. The van der Waals surface area contributed by atoms with Gasteiger partial charge in [-0.05, 0) is 42.0 Å². The Bertz CT molecular complexity index is 1480. The molecule has 0 atom stereocenters. The van der Waals surface area contributed by atoms with E-state index in [1.807, 2.05) is 30.6 Å². The van der Waals surface area contributed by atoms with Crippen LogP contribution in [0, 0.1) is 17.2 Å². The molecule has 196 valence electrons. The summed E-state index contributed by atoms with van der Waals surface area (Å²) in [5.74, 6) is 2.02. The largest absolute Gasteiger partial charge is 0.416 e. The fourth-order valence-corrected chi connectivity index (χ4v) is 4.49. The molecule has 0 radical (unpaired) electrons. The van der Waals surface area contributed by atoms with E-state index in [-0.39, 0.29) is 18.3 Å². The first-order valence-corrected chi connectivity index (χ1v) is 12.6. The van der Waals surface area contributed by atoms with Crippen molar-refractivity contribution in [3.8, 4) is 17.7 Å². The van der Waals surface area contributed by atoms with Crippen molar-refractivity contribution in [2.75, 3.05) is 11.9 Å². The van der Waals surface area contributed by atoms with Gasteiger partial charge in [0.05, 0.1) is 5.56 Å². The topological polar surface area (TPSA) is 105 Å². The first-order valence-electron chi connectivity index (χ1n) is 12.6. The van der Waals surface area contributed by atoms with E-state index >= 15 is 0 Å². The summed E-state index contributed by atoms with van der Waals surface area (Å²) in [6, 6.07) is 8.83. The van der Waals surface area contributed by atoms with E-state index in [1.165, 1.54) is 31.4 Å². The van der Waals surface area contributed by atoms with Gasteiger partial charge in [-0.1, -0.05) is 45.2 Å². The summed E-state index contributed by atoms with van der Waals surface area (Å²) in [7, 11) is 0. The van der Waals surface area contributed by atoms with Crippen LogP contribution in [0.25, 0.3) is 22.8 Å². The van der Waals surface area contributed by atoms with Crippen molar-refractivity contribution in [2.24, 2.45) is 5.92 Å². The third-order valence-electron chi connectivity index (χ3n) is 6.86. The van der Waals surface area contributed by atoms with Crippen LogP contribution in [0.15, 0.2) is 36.5 Å². The molecule has 0 spiro atoms. The number of nitriles is 1. The molecule has 1 aliphatic rings. The summed E-state index contributed by atoms with van der Waals surface area (Å²) in [6.07, 6.45) is 1.89. The third-order valence-corrected chi connectivity index (χ3v) is 6.86. The Balaban J connectivity index is 1.62. The van der Waals surface area contributed by atoms with Crippen LogP contribution in [0.4, 0.5) is 19.0 Å². The number of imidazole rings is 1. The molecule has 1 aromatic carbocycles. The number of hydrogen-bond donors (Lipinski definition) is 1. The molecule has 3 heterocycles. The molecule has 0 saturated heterocycles. The second kappa shape index (κ2) is 10.4. The van der Waals surface area contributed by atoms with Gasteiger partial charge in [-0.2, -0.15) is 28.4 Å².